The summed E-state index contributed by atoms with van der Waals surface area (Å²) < 4.78 is 8.48. The molecular formula is C23H24N4O3. The molecule has 4 rings (SSSR count). The van der Waals surface area contributed by atoms with Gasteiger partial charge in [0.1, 0.15) is 17.0 Å². The number of rotatable bonds is 7. The Balaban J connectivity index is 1.78. The lowest BCUT2D eigenvalue weighted by atomic mass is 10.1. The first-order valence-corrected chi connectivity index (χ1v) is 9.95. The second-order valence-electron chi connectivity index (χ2n) is 7.22. The van der Waals surface area contributed by atoms with Crippen molar-refractivity contribution in [3.05, 3.63) is 82.4 Å². The maximum absolute atomic E-state index is 13.2. The highest BCUT2D eigenvalue weighted by Crippen LogP contribution is 2.19. The van der Waals surface area contributed by atoms with Crippen molar-refractivity contribution >= 4 is 22.6 Å². The van der Waals surface area contributed by atoms with Gasteiger partial charge in [-0.25, -0.2) is 4.98 Å². The van der Waals surface area contributed by atoms with Gasteiger partial charge >= 0.3 is 0 Å². The highest BCUT2D eigenvalue weighted by Gasteiger charge is 2.21. The van der Waals surface area contributed by atoms with Gasteiger partial charge in [-0.2, -0.15) is 0 Å². The molecule has 0 saturated heterocycles. The smallest absolute Gasteiger partial charge is 0.268 e. The molecule has 0 aliphatic rings. The monoisotopic (exact) mass is 404 g/mol. The number of carbonyl (C=O) groups excluding carboxylic acids is 1. The highest BCUT2D eigenvalue weighted by atomic mass is 16.5. The topological polar surface area (TPSA) is 77.6 Å². The molecule has 7 heteroatoms. The number of nitrogens with one attached hydrogen (secondary N) is 1. The molecule has 0 bridgehead atoms. The van der Waals surface area contributed by atoms with Gasteiger partial charge in [-0.3, -0.25) is 14.0 Å². The summed E-state index contributed by atoms with van der Waals surface area (Å²) >= 11 is 0. The van der Waals surface area contributed by atoms with Gasteiger partial charge in [0.15, 0.2) is 0 Å². The van der Waals surface area contributed by atoms with Crippen molar-refractivity contribution in [1.82, 2.24) is 19.3 Å². The zero-order valence-corrected chi connectivity index (χ0v) is 17.0. The fraction of sp³-hybridized carbons (Fsp3) is 0.261. The molecule has 30 heavy (non-hydrogen) atoms. The molecule has 1 amide bonds. The Kier molecular flexibility index (Phi) is 5.63. The van der Waals surface area contributed by atoms with Crippen LogP contribution in [0.2, 0.25) is 0 Å². The number of amides is 1. The number of hydrogen-bond acceptors (Lipinski definition) is 4. The SMILES string of the molecule is COCCCn1c(C(=O)N[C@H](C)c2ccccc2)cc2c(=O)n3ccccc3nc21. The summed E-state index contributed by atoms with van der Waals surface area (Å²) in [6, 6.07) is 16.6. The molecule has 0 aliphatic heterocycles. The van der Waals surface area contributed by atoms with Crippen molar-refractivity contribution in [3.63, 3.8) is 0 Å². The predicted molar refractivity (Wildman–Crippen MR) is 116 cm³/mol. The van der Waals surface area contributed by atoms with E-state index in [0.29, 0.717) is 41.9 Å². The van der Waals surface area contributed by atoms with Gasteiger partial charge < -0.3 is 14.6 Å². The minimum atomic E-state index is -0.241. The van der Waals surface area contributed by atoms with Crippen molar-refractivity contribution in [2.24, 2.45) is 0 Å². The number of carbonyl (C=O) groups is 1. The number of ether oxygens (including phenoxy) is 1. The largest absolute Gasteiger partial charge is 0.385 e. The molecule has 154 valence electrons. The van der Waals surface area contributed by atoms with Gasteiger partial charge in [-0.1, -0.05) is 36.4 Å². The van der Waals surface area contributed by atoms with E-state index in [9.17, 15) is 9.59 Å². The molecule has 0 saturated carbocycles. The molecule has 7 nitrogen and oxygen atoms in total. The van der Waals surface area contributed by atoms with E-state index in [2.05, 4.69) is 10.3 Å². The van der Waals surface area contributed by atoms with Crippen LogP contribution in [0.1, 0.15) is 35.4 Å². The third kappa shape index (κ3) is 3.71. The van der Waals surface area contributed by atoms with Crippen LogP contribution in [0.3, 0.4) is 0 Å². The summed E-state index contributed by atoms with van der Waals surface area (Å²) in [7, 11) is 1.64. The van der Waals surface area contributed by atoms with E-state index < -0.39 is 0 Å². The fourth-order valence-corrected chi connectivity index (χ4v) is 3.63. The molecule has 0 unspecified atom stereocenters. The molecule has 1 N–H and O–H groups in total. The van der Waals surface area contributed by atoms with Gasteiger partial charge in [-0.15, -0.1) is 0 Å². The molecule has 1 atom stereocenters. The minimum absolute atomic E-state index is 0.169. The number of aromatic nitrogens is 3. The Labute approximate surface area is 173 Å². The Morgan fingerprint density at radius 1 is 1.17 bits per heavy atom. The first-order valence-electron chi connectivity index (χ1n) is 9.95. The van der Waals surface area contributed by atoms with Crippen molar-refractivity contribution in [2.75, 3.05) is 13.7 Å². The summed E-state index contributed by atoms with van der Waals surface area (Å²) in [6.45, 7) is 3.01. The number of nitrogens with zero attached hydrogens (tertiary/aromatic N) is 3. The van der Waals surface area contributed by atoms with Crippen molar-refractivity contribution in [3.8, 4) is 0 Å². The van der Waals surface area contributed by atoms with Gasteiger partial charge in [0, 0.05) is 26.5 Å². The van der Waals surface area contributed by atoms with Crippen LogP contribution >= 0.6 is 0 Å². The first kappa shape index (κ1) is 19.8. The third-order valence-electron chi connectivity index (χ3n) is 5.19. The number of methoxy groups -OCH3 is 1. The maximum Gasteiger partial charge on any atom is 0.268 e. The number of pyridine rings is 1. The third-order valence-corrected chi connectivity index (χ3v) is 5.19. The van der Waals surface area contributed by atoms with Crippen molar-refractivity contribution < 1.29 is 9.53 Å². The van der Waals surface area contributed by atoms with Crippen LogP contribution in [0, 0.1) is 0 Å². The van der Waals surface area contributed by atoms with Crippen molar-refractivity contribution in [2.45, 2.75) is 25.9 Å². The maximum atomic E-state index is 13.2. The number of fused-ring (bicyclic) bond motifs is 2. The second-order valence-corrected chi connectivity index (χ2v) is 7.22. The van der Waals surface area contributed by atoms with Gasteiger partial charge in [0.2, 0.25) is 0 Å². The van der Waals surface area contributed by atoms with Crippen LogP contribution in [0.25, 0.3) is 16.7 Å². The summed E-state index contributed by atoms with van der Waals surface area (Å²) in [6.07, 6.45) is 2.38. The molecule has 0 aliphatic carbocycles. The van der Waals surface area contributed by atoms with E-state index in [-0.39, 0.29) is 17.5 Å². The summed E-state index contributed by atoms with van der Waals surface area (Å²) in [5.74, 6) is -0.241. The molecule has 0 radical (unpaired) electrons. The standard InChI is InChI=1S/C23H24N4O3/c1-16(17-9-4-3-5-10-17)24-22(28)19-15-18-21(26(19)13-8-14-30-2)25-20-11-6-7-12-27(20)23(18)29/h3-7,9-12,15-16H,8,13-14H2,1-2H3,(H,24,28)/t16-/m1/s1. The zero-order chi connectivity index (χ0) is 21.1. The van der Waals surface area contributed by atoms with Crippen LogP contribution in [-0.2, 0) is 11.3 Å². The predicted octanol–water partition coefficient (Wildman–Crippen LogP) is 3.18. The minimum Gasteiger partial charge on any atom is -0.385 e. The average Bonchev–Trinajstić information content (AvgIpc) is 3.13. The molecule has 3 heterocycles. The molecule has 0 spiro atoms. The van der Waals surface area contributed by atoms with E-state index in [4.69, 9.17) is 4.74 Å². The summed E-state index contributed by atoms with van der Waals surface area (Å²) in [5, 5.41) is 3.46. The Hall–Kier alpha value is -3.45. The quantitative estimate of drug-likeness (QED) is 0.480. The summed E-state index contributed by atoms with van der Waals surface area (Å²) in [4.78, 5) is 30.8. The molecule has 3 aromatic heterocycles. The second kappa shape index (κ2) is 8.51. The first-order chi connectivity index (χ1) is 14.6. The number of aryl methyl sites for hydroxylation is 1. The Bertz CT molecular complexity index is 1240. The fourth-order valence-electron chi connectivity index (χ4n) is 3.63. The zero-order valence-electron chi connectivity index (χ0n) is 17.0. The molecular weight excluding hydrogens is 380 g/mol. The van der Waals surface area contributed by atoms with Gasteiger partial charge in [-0.05, 0) is 37.1 Å². The number of hydrogen-bond donors (Lipinski definition) is 1. The molecule has 0 fully saturated rings. The van der Waals surface area contributed by atoms with Crippen LogP contribution in [0.5, 0.6) is 0 Å². The van der Waals surface area contributed by atoms with E-state index in [1.807, 2.05) is 47.9 Å². The molecule has 4 aromatic rings. The van der Waals surface area contributed by atoms with Crippen LogP contribution < -0.4 is 10.9 Å². The van der Waals surface area contributed by atoms with E-state index in [1.165, 1.54) is 4.40 Å². The lowest BCUT2D eigenvalue weighted by Gasteiger charge is -2.16. The Morgan fingerprint density at radius 2 is 1.93 bits per heavy atom. The van der Waals surface area contributed by atoms with E-state index in [0.717, 1.165) is 5.56 Å². The average molecular weight is 404 g/mol. The lowest BCUT2D eigenvalue weighted by molar-refractivity contribution is 0.0929. The van der Waals surface area contributed by atoms with Crippen LogP contribution in [-0.4, -0.2) is 33.6 Å². The van der Waals surface area contributed by atoms with Gasteiger partial charge in [0.25, 0.3) is 11.5 Å². The number of benzene rings is 1. The lowest BCUT2D eigenvalue weighted by Crippen LogP contribution is -2.28. The van der Waals surface area contributed by atoms with Crippen LogP contribution in [0.15, 0.2) is 65.6 Å². The van der Waals surface area contributed by atoms with Crippen LogP contribution in [0.4, 0.5) is 0 Å². The van der Waals surface area contributed by atoms with E-state index in [1.54, 1.807) is 31.5 Å². The molecule has 1 aromatic carbocycles. The van der Waals surface area contributed by atoms with Crippen molar-refractivity contribution in [1.29, 1.82) is 0 Å². The highest BCUT2D eigenvalue weighted by molar-refractivity contribution is 5.98. The Morgan fingerprint density at radius 3 is 2.70 bits per heavy atom. The summed E-state index contributed by atoms with van der Waals surface area (Å²) in [5.41, 5.74) is 2.30. The van der Waals surface area contributed by atoms with Gasteiger partial charge in [0.05, 0.1) is 11.4 Å². The van der Waals surface area contributed by atoms with E-state index >= 15 is 0 Å². The normalized spacial score (nSPS) is 12.3.